The summed E-state index contributed by atoms with van der Waals surface area (Å²) in [6.45, 7) is 7.36. The monoisotopic (exact) mass is 378 g/mol. The Hall–Kier alpha value is -1.88. The lowest BCUT2D eigenvalue weighted by Crippen LogP contribution is -2.29. The first-order valence-corrected chi connectivity index (χ1v) is 9.76. The molecule has 0 radical (unpaired) electrons. The van der Waals surface area contributed by atoms with Crippen LogP contribution in [-0.4, -0.2) is 34.4 Å². The zero-order valence-corrected chi connectivity index (χ0v) is 17.0. The maximum Gasteiger partial charge on any atom is 0.309 e. The molecule has 5 nitrogen and oxygen atoms in total. The number of aliphatic carboxylic acids is 1. The van der Waals surface area contributed by atoms with Crippen LogP contribution in [0.25, 0.3) is 0 Å². The molecule has 1 aromatic rings. The van der Waals surface area contributed by atoms with Crippen LogP contribution in [0.1, 0.15) is 64.5 Å². The van der Waals surface area contributed by atoms with Crippen LogP contribution in [0.15, 0.2) is 24.3 Å². The molecule has 0 aliphatic heterocycles. The fraction of sp³-hybridized carbons (Fsp3) is 0.636. The molecule has 5 heteroatoms. The highest BCUT2D eigenvalue weighted by Crippen LogP contribution is 2.22. The van der Waals surface area contributed by atoms with Gasteiger partial charge in [-0.1, -0.05) is 31.2 Å². The molecule has 0 spiro atoms. The summed E-state index contributed by atoms with van der Waals surface area (Å²) in [5, 5.41) is 18.3. The lowest BCUT2D eigenvalue weighted by atomic mass is 9.90. The molecule has 0 amide bonds. The third-order valence-corrected chi connectivity index (χ3v) is 4.47. The van der Waals surface area contributed by atoms with E-state index in [4.69, 9.17) is 9.84 Å². The van der Waals surface area contributed by atoms with Crippen molar-refractivity contribution in [3.8, 4) is 0 Å². The van der Waals surface area contributed by atoms with Gasteiger partial charge in [-0.05, 0) is 70.4 Å². The summed E-state index contributed by atoms with van der Waals surface area (Å²) in [7, 11) is 0. The molecule has 0 fully saturated rings. The first-order chi connectivity index (χ1) is 12.6. The Morgan fingerprint density at radius 3 is 2.07 bits per heavy atom. The van der Waals surface area contributed by atoms with E-state index in [0.29, 0.717) is 12.8 Å². The highest BCUT2D eigenvalue weighted by atomic mass is 16.6. The molecule has 2 unspecified atom stereocenters. The first-order valence-electron chi connectivity index (χ1n) is 9.76. The van der Waals surface area contributed by atoms with Gasteiger partial charge in [-0.2, -0.15) is 0 Å². The van der Waals surface area contributed by atoms with Crippen molar-refractivity contribution in [2.24, 2.45) is 11.8 Å². The number of carbonyl (C=O) groups is 2. The standard InChI is InChI=1S/C22H34O5/c1-16(21(26)27-22(2,3)4)15-19(20(24)25)13-12-18-10-8-17(9-11-18)7-5-6-14-23/h8-11,16,19,23H,5-7,12-15H2,1-4H3,(H,24,25). The largest absolute Gasteiger partial charge is 0.481 e. The summed E-state index contributed by atoms with van der Waals surface area (Å²) in [6.07, 6.45) is 4.13. The molecule has 2 atom stereocenters. The summed E-state index contributed by atoms with van der Waals surface area (Å²) < 4.78 is 5.35. The highest BCUT2D eigenvalue weighted by Gasteiger charge is 2.27. The molecule has 0 saturated heterocycles. The first kappa shape index (κ1) is 23.2. The number of ether oxygens (including phenoxy) is 1. The number of carboxylic acids is 1. The molecule has 0 heterocycles. The van der Waals surface area contributed by atoms with Gasteiger partial charge in [-0.3, -0.25) is 9.59 Å². The molecule has 2 N–H and O–H groups in total. The smallest absolute Gasteiger partial charge is 0.309 e. The molecule has 27 heavy (non-hydrogen) atoms. The SMILES string of the molecule is CC(CC(CCc1ccc(CCCCO)cc1)C(=O)O)C(=O)OC(C)(C)C. The molecular weight excluding hydrogens is 344 g/mol. The van der Waals surface area contributed by atoms with Crippen LogP contribution in [0.3, 0.4) is 0 Å². The van der Waals surface area contributed by atoms with Gasteiger partial charge in [0.05, 0.1) is 11.8 Å². The molecule has 0 bridgehead atoms. The van der Waals surface area contributed by atoms with Gasteiger partial charge in [0.2, 0.25) is 0 Å². The van der Waals surface area contributed by atoms with E-state index in [9.17, 15) is 14.7 Å². The number of esters is 1. The van der Waals surface area contributed by atoms with E-state index in [1.165, 1.54) is 5.56 Å². The molecule has 1 aromatic carbocycles. The van der Waals surface area contributed by atoms with Crippen molar-refractivity contribution in [1.82, 2.24) is 0 Å². The summed E-state index contributed by atoms with van der Waals surface area (Å²) in [6, 6.07) is 8.19. The van der Waals surface area contributed by atoms with Crippen LogP contribution in [0.2, 0.25) is 0 Å². The second-order valence-corrected chi connectivity index (χ2v) is 8.24. The predicted molar refractivity (Wildman–Crippen MR) is 106 cm³/mol. The molecule has 0 saturated carbocycles. The van der Waals surface area contributed by atoms with Crippen molar-refractivity contribution < 1.29 is 24.5 Å². The van der Waals surface area contributed by atoms with E-state index in [1.54, 1.807) is 27.7 Å². The van der Waals surface area contributed by atoms with E-state index < -0.39 is 23.4 Å². The number of hydrogen-bond donors (Lipinski definition) is 2. The minimum atomic E-state index is -0.869. The lowest BCUT2D eigenvalue weighted by Gasteiger charge is -2.23. The molecular formula is C22H34O5. The summed E-state index contributed by atoms with van der Waals surface area (Å²) >= 11 is 0. The van der Waals surface area contributed by atoms with Gasteiger partial charge >= 0.3 is 11.9 Å². The Balaban J connectivity index is 2.55. The molecule has 1 rings (SSSR count). The molecule has 152 valence electrons. The Morgan fingerprint density at radius 2 is 1.59 bits per heavy atom. The number of unbranched alkanes of at least 4 members (excludes halogenated alkanes) is 1. The lowest BCUT2D eigenvalue weighted by molar-refractivity contribution is -0.160. The predicted octanol–water partition coefficient (Wildman–Crippen LogP) is 4.00. The van der Waals surface area contributed by atoms with Crippen molar-refractivity contribution in [3.63, 3.8) is 0 Å². The van der Waals surface area contributed by atoms with Gasteiger partial charge in [0.15, 0.2) is 0 Å². The number of aryl methyl sites for hydroxylation is 2. The fourth-order valence-corrected chi connectivity index (χ4v) is 2.92. The Kier molecular flexibility index (Phi) is 9.50. The van der Waals surface area contributed by atoms with Crippen LogP contribution in [0.5, 0.6) is 0 Å². The van der Waals surface area contributed by atoms with Crippen molar-refractivity contribution >= 4 is 11.9 Å². The van der Waals surface area contributed by atoms with E-state index >= 15 is 0 Å². The molecule has 0 aliphatic carbocycles. The van der Waals surface area contributed by atoms with Crippen LogP contribution in [0, 0.1) is 11.8 Å². The Morgan fingerprint density at radius 1 is 1.04 bits per heavy atom. The van der Waals surface area contributed by atoms with Gasteiger partial charge in [0.25, 0.3) is 0 Å². The van der Waals surface area contributed by atoms with Crippen LogP contribution in [-0.2, 0) is 27.2 Å². The maximum absolute atomic E-state index is 12.1. The van der Waals surface area contributed by atoms with E-state index in [1.807, 2.05) is 12.1 Å². The second kappa shape index (κ2) is 11.1. The third kappa shape index (κ3) is 9.57. The molecule has 0 aromatic heterocycles. The summed E-state index contributed by atoms with van der Waals surface area (Å²) in [5.41, 5.74) is 1.75. The van der Waals surface area contributed by atoms with E-state index in [0.717, 1.165) is 24.8 Å². The normalized spacial score (nSPS) is 13.8. The number of aliphatic hydroxyl groups excluding tert-OH is 1. The van der Waals surface area contributed by atoms with Gasteiger partial charge in [0.1, 0.15) is 5.60 Å². The Labute approximate surface area is 162 Å². The second-order valence-electron chi connectivity index (χ2n) is 8.24. The van der Waals surface area contributed by atoms with Gasteiger partial charge in [-0.15, -0.1) is 0 Å². The van der Waals surface area contributed by atoms with Gasteiger partial charge in [-0.25, -0.2) is 0 Å². The minimum Gasteiger partial charge on any atom is -0.481 e. The Bertz CT molecular complexity index is 586. The quantitative estimate of drug-likeness (QED) is 0.449. The third-order valence-electron chi connectivity index (χ3n) is 4.47. The highest BCUT2D eigenvalue weighted by molar-refractivity contribution is 5.75. The van der Waals surface area contributed by atoms with Crippen LogP contribution in [0.4, 0.5) is 0 Å². The number of carbonyl (C=O) groups excluding carboxylic acids is 1. The zero-order chi connectivity index (χ0) is 20.4. The van der Waals surface area contributed by atoms with E-state index in [2.05, 4.69) is 12.1 Å². The van der Waals surface area contributed by atoms with E-state index in [-0.39, 0.29) is 19.0 Å². The zero-order valence-electron chi connectivity index (χ0n) is 17.0. The van der Waals surface area contributed by atoms with Crippen molar-refractivity contribution in [1.29, 1.82) is 0 Å². The number of benzene rings is 1. The topological polar surface area (TPSA) is 83.8 Å². The van der Waals surface area contributed by atoms with Crippen LogP contribution >= 0.6 is 0 Å². The molecule has 0 aliphatic rings. The average Bonchev–Trinajstić information content (AvgIpc) is 2.58. The van der Waals surface area contributed by atoms with Crippen molar-refractivity contribution in [2.75, 3.05) is 6.61 Å². The summed E-state index contributed by atoms with van der Waals surface area (Å²) in [5.74, 6) is -2.23. The van der Waals surface area contributed by atoms with Crippen molar-refractivity contribution in [2.45, 2.75) is 71.8 Å². The fourth-order valence-electron chi connectivity index (χ4n) is 2.92. The number of carboxylic acid groups (broad SMARTS) is 1. The number of aliphatic hydroxyl groups is 1. The van der Waals surface area contributed by atoms with Crippen LogP contribution < -0.4 is 0 Å². The number of rotatable bonds is 11. The van der Waals surface area contributed by atoms with Crippen molar-refractivity contribution in [3.05, 3.63) is 35.4 Å². The minimum absolute atomic E-state index is 0.219. The van der Waals surface area contributed by atoms with Gasteiger partial charge < -0.3 is 14.9 Å². The van der Waals surface area contributed by atoms with Gasteiger partial charge in [0, 0.05) is 6.61 Å². The maximum atomic E-state index is 12.1. The average molecular weight is 379 g/mol. The summed E-state index contributed by atoms with van der Waals surface area (Å²) in [4.78, 5) is 23.7. The number of hydrogen-bond acceptors (Lipinski definition) is 4.